The summed E-state index contributed by atoms with van der Waals surface area (Å²) in [7, 11) is 0. The molecule has 1 aromatic rings. The summed E-state index contributed by atoms with van der Waals surface area (Å²) >= 11 is 1.68. The third-order valence-electron chi connectivity index (χ3n) is 1.62. The minimum absolute atomic E-state index is 0.0854. The van der Waals surface area contributed by atoms with Crippen molar-refractivity contribution < 1.29 is 4.79 Å². The number of nitrogens with one attached hydrogen (secondary N) is 2. The Balaban J connectivity index is 2.11. The third-order valence-corrected chi connectivity index (χ3v) is 2.35. The van der Waals surface area contributed by atoms with Gasteiger partial charge in [0.15, 0.2) is 0 Å². The van der Waals surface area contributed by atoms with Crippen LogP contribution in [0.25, 0.3) is 0 Å². The Labute approximate surface area is 82.2 Å². The number of hydrogen-bond donors (Lipinski definition) is 2. The average Bonchev–Trinajstić information content (AvgIpc) is 2.57. The Hall–Kier alpha value is -1.03. The summed E-state index contributed by atoms with van der Waals surface area (Å²) < 4.78 is 0. The van der Waals surface area contributed by atoms with Crippen LogP contribution in [0.3, 0.4) is 0 Å². The van der Waals surface area contributed by atoms with Crippen molar-refractivity contribution in [2.45, 2.75) is 13.3 Å². The molecular formula is C9H14N2OS. The van der Waals surface area contributed by atoms with Crippen molar-refractivity contribution in [3.63, 3.8) is 0 Å². The zero-order chi connectivity index (χ0) is 9.52. The summed E-state index contributed by atoms with van der Waals surface area (Å²) in [6, 6.07) is 1.99. The molecule has 1 heterocycles. The lowest BCUT2D eigenvalue weighted by molar-refractivity contribution is 0.241. The van der Waals surface area contributed by atoms with Gasteiger partial charge in [0.25, 0.3) is 0 Å². The van der Waals surface area contributed by atoms with Crippen molar-refractivity contribution in [1.29, 1.82) is 0 Å². The maximum Gasteiger partial charge on any atom is 0.314 e. The molecule has 3 nitrogen and oxygen atoms in total. The molecule has 0 atom stereocenters. The summed E-state index contributed by atoms with van der Waals surface area (Å²) in [5.41, 5.74) is 1.28. The van der Waals surface area contributed by atoms with Gasteiger partial charge in [-0.05, 0) is 35.7 Å². The SMILES string of the molecule is CCNC(=O)NCCc1ccsc1. The van der Waals surface area contributed by atoms with E-state index in [0.29, 0.717) is 13.1 Å². The van der Waals surface area contributed by atoms with E-state index in [1.165, 1.54) is 5.56 Å². The number of urea groups is 1. The molecule has 0 aliphatic rings. The number of hydrogen-bond acceptors (Lipinski definition) is 2. The largest absolute Gasteiger partial charge is 0.338 e. The molecule has 4 heteroatoms. The van der Waals surface area contributed by atoms with E-state index in [4.69, 9.17) is 0 Å². The topological polar surface area (TPSA) is 41.1 Å². The van der Waals surface area contributed by atoms with Crippen molar-refractivity contribution in [3.05, 3.63) is 22.4 Å². The van der Waals surface area contributed by atoms with Crippen LogP contribution in [0, 0.1) is 0 Å². The van der Waals surface area contributed by atoms with Gasteiger partial charge in [0, 0.05) is 13.1 Å². The zero-order valence-electron chi connectivity index (χ0n) is 7.67. The first-order valence-corrected chi connectivity index (χ1v) is 5.30. The summed E-state index contributed by atoms with van der Waals surface area (Å²) in [6.45, 7) is 3.27. The number of carbonyl (C=O) groups is 1. The van der Waals surface area contributed by atoms with Gasteiger partial charge in [0.2, 0.25) is 0 Å². The first-order valence-electron chi connectivity index (χ1n) is 4.35. The van der Waals surface area contributed by atoms with Crippen LogP contribution in [0.5, 0.6) is 0 Å². The average molecular weight is 198 g/mol. The molecule has 0 aliphatic carbocycles. The molecule has 0 fully saturated rings. The van der Waals surface area contributed by atoms with Crippen LogP contribution in [0.4, 0.5) is 4.79 Å². The lowest BCUT2D eigenvalue weighted by atomic mass is 10.2. The van der Waals surface area contributed by atoms with Crippen LogP contribution in [-0.2, 0) is 6.42 Å². The zero-order valence-corrected chi connectivity index (χ0v) is 8.49. The maximum absolute atomic E-state index is 11.0. The molecular weight excluding hydrogens is 184 g/mol. The van der Waals surface area contributed by atoms with Gasteiger partial charge in [-0.3, -0.25) is 0 Å². The quantitative estimate of drug-likeness (QED) is 0.758. The van der Waals surface area contributed by atoms with Crippen LogP contribution in [0.1, 0.15) is 12.5 Å². The fourth-order valence-corrected chi connectivity index (χ4v) is 1.68. The molecule has 2 N–H and O–H groups in total. The van der Waals surface area contributed by atoms with Crippen molar-refractivity contribution in [1.82, 2.24) is 10.6 Å². The Morgan fingerprint density at radius 1 is 1.54 bits per heavy atom. The second kappa shape index (κ2) is 5.59. The minimum atomic E-state index is -0.0854. The van der Waals surface area contributed by atoms with Gasteiger partial charge in [-0.1, -0.05) is 0 Å². The highest BCUT2D eigenvalue weighted by molar-refractivity contribution is 7.07. The van der Waals surface area contributed by atoms with Gasteiger partial charge < -0.3 is 10.6 Å². The summed E-state index contributed by atoms with van der Waals surface area (Å²) in [5.74, 6) is 0. The van der Waals surface area contributed by atoms with Crippen molar-refractivity contribution in [2.75, 3.05) is 13.1 Å². The van der Waals surface area contributed by atoms with Crippen LogP contribution in [-0.4, -0.2) is 19.1 Å². The highest BCUT2D eigenvalue weighted by Crippen LogP contribution is 2.05. The third kappa shape index (κ3) is 3.94. The molecule has 0 radical (unpaired) electrons. The maximum atomic E-state index is 11.0. The molecule has 0 aromatic carbocycles. The van der Waals surface area contributed by atoms with Gasteiger partial charge >= 0.3 is 6.03 Å². The highest BCUT2D eigenvalue weighted by Gasteiger charge is 1.97. The fourth-order valence-electron chi connectivity index (χ4n) is 0.978. The molecule has 0 saturated heterocycles. The monoisotopic (exact) mass is 198 g/mol. The fraction of sp³-hybridized carbons (Fsp3) is 0.444. The summed E-state index contributed by atoms with van der Waals surface area (Å²) in [6.07, 6.45) is 0.903. The standard InChI is InChI=1S/C9H14N2OS/c1-2-10-9(12)11-5-3-8-4-6-13-7-8/h4,6-7H,2-3,5H2,1H3,(H2,10,11,12). The van der Waals surface area contributed by atoms with Crippen LogP contribution < -0.4 is 10.6 Å². The Morgan fingerprint density at radius 3 is 3.00 bits per heavy atom. The van der Waals surface area contributed by atoms with Crippen LogP contribution >= 0.6 is 11.3 Å². The molecule has 0 unspecified atom stereocenters. The summed E-state index contributed by atoms with van der Waals surface area (Å²) in [5, 5.41) is 9.59. The number of carbonyl (C=O) groups excluding carboxylic acids is 1. The van der Waals surface area contributed by atoms with E-state index in [9.17, 15) is 4.79 Å². The normalized spacial score (nSPS) is 9.62. The van der Waals surface area contributed by atoms with E-state index in [1.54, 1.807) is 11.3 Å². The Kier molecular flexibility index (Phi) is 4.32. The summed E-state index contributed by atoms with van der Waals surface area (Å²) in [4.78, 5) is 11.0. The van der Waals surface area contributed by atoms with Gasteiger partial charge in [0.05, 0.1) is 0 Å². The predicted octanol–water partition coefficient (Wildman–Crippen LogP) is 1.61. The van der Waals surface area contributed by atoms with E-state index in [2.05, 4.69) is 22.1 Å². The molecule has 72 valence electrons. The van der Waals surface area contributed by atoms with Gasteiger partial charge in [-0.15, -0.1) is 0 Å². The number of rotatable bonds is 4. The van der Waals surface area contributed by atoms with Gasteiger partial charge in [-0.2, -0.15) is 11.3 Å². The molecule has 2 amide bonds. The van der Waals surface area contributed by atoms with Crippen LogP contribution in [0.15, 0.2) is 16.8 Å². The number of thiophene rings is 1. The van der Waals surface area contributed by atoms with Crippen molar-refractivity contribution in [3.8, 4) is 0 Å². The van der Waals surface area contributed by atoms with Crippen molar-refractivity contribution >= 4 is 17.4 Å². The van der Waals surface area contributed by atoms with E-state index >= 15 is 0 Å². The Morgan fingerprint density at radius 2 is 2.38 bits per heavy atom. The van der Waals surface area contributed by atoms with E-state index in [1.807, 2.05) is 12.3 Å². The second-order valence-corrected chi connectivity index (χ2v) is 3.45. The predicted molar refractivity (Wildman–Crippen MR) is 55.1 cm³/mol. The molecule has 0 bridgehead atoms. The van der Waals surface area contributed by atoms with E-state index < -0.39 is 0 Å². The highest BCUT2D eigenvalue weighted by atomic mass is 32.1. The first kappa shape index (κ1) is 10.1. The van der Waals surface area contributed by atoms with Gasteiger partial charge in [0.1, 0.15) is 0 Å². The van der Waals surface area contributed by atoms with Gasteiger partial charge in [-0.25, -0.2) is 4.79 Å². The Bertz CT molecular complexity index is 246. The molecule has 1 rings (SSSR count). The molecule has 13 heavy (non-hydrogen) atoms. The minimum Gasteiger partial charge on any atom is -0.338 e. The lowest BCUT2D eigenvalue weighted by Gasteiger charge is -2.03. The lowest BCUT2D eigenvalue weighted by Crippen LogP contribution is -2.36. The number of amides is 2. The second-order valence-electron chi connectivity index (χ2n) is 2.67. The smallest absolute Gasteiger partial charge is 0.314 e. The first-order chi connectivity index (χ1) is 6.33. The molecule has 0 spiro atoms. The molecule has 0 saturated carbocycles. The molecule has 0 aliphatic heterocycles. The molecule has 1 aromatic heterocycles. The van der Waals surface area contributed by atoms with E-state index in [0.717, 1.165) is 6.42 Å². The van der Waals surface area contributed by atoms with Crippen LogP contribution in [0.2, 0.25) is 0 Å². The van der Waals surface area contributed by atoms with E-state index in [-0.39, 0.29) is 6.03 Å². The van der Waals surface area contributed by atoms with Crippen molar-refractivity contribution in [2.24, 2.45) is 0 Å².